The van der Waals surface area contributed by atoms with Crippen molar-refractivity contribution in [3.8, 4) is 67.8 Å². The number of para-hydroxylation sites is 2. The third kappa shape index (κ3) is 6.30. The van der Waals surface area contributed by atoms with Gasteiger partial charge in [0.1, 0.15) is 11.2 Å². The molecule has 0 aliphatic heterocycles. The average Bonchev–Trinajstić information content (AvgIpc) is 4.09. The summed E-state index contributed by atoms with van der Waals surface area (Å²) in [4.78, 5) is 16.1. The molecule has 0 radical (unpaired) electrons. The molecule has 322 valence electrons. The molecule has 4 aromatic heterocycles. The first kappa shape index (κ1) is 38.8. The summed E-state index contributed by atoms with van der Waals surface area (Å²) in [7, 11) is 0. The predicted molar refractivity (Wildman–Crippen MR) is 283 cm³/mol. The van der Waals surface area contributed by atoms with Crippen LogP contribution in [0, 0.1) is 0 Å². The first-order valence-electron chi connectivity index (χ1n) is 23.3. The smallest absolute Gasteiger partial charge is 0.238 e. The van der Waals surface area contributed by atoms with E-state index in [4.69, 9.17) is 19.4 Å². The highest BCUT2D eigenvalue weighted by Gasteiger charge is 2.24. The Morgan fingerprint density at radius 1 is 0.304 bits per heavy atom. The van der Waals surface area contributed by atoms with Gasteiger partial charge in [-0.1, -0.05) is 182 Å². The largest absolute Gasteiger partial charge is 0.456 e. The normalized spacial score (nSPS) is 11.8. The molecule has 0 aliphatic rings. The molecule has 69 heavy (non-hydrogen) atoms. The van der Waals surface area contributed by atoms with Crippen molar-refractivity contribution in [2.45, 2.75) is 0 Å². The molecular formula is C63H39N5O. The van der Waals surface area contributed by atoms with Crippen molar-refractivity contribution in [2.24, 2.45) is 0 Å². The predicted octanol–water partition coefficient (Wildman–Crippen LogP) is 16.3. The SMILES string of the molecule is c1ccc(-c2ccc(-c3nc(-c4ccc5oc6cccc(-c7ccccc7)c6c5c4)nc(-n4c5ccccc5c5c4ccc4c6ccccc6n(-c6cccc(-c7ccccc7)c6)c45)n3)cc2)cc1. The molecule has 6 nitrogen and oxygen atoms in total. The number of nitrogens with zero attached hydrogens (tertiary/aromatic N) is 5. The molecule has 0 bridgehead atoms. The molecule has 4 heterocycles. The van der Waals surface area contributed by atoms with Gasteiger partial charge in [-0.3, -0.25) is 4.57 Å². The molecule has 6 heteroatoms. The maximum Gasteiger partial charge on any atom is 0.238 e. The second kappa shape index (κ2) is 15.6. The Balaban J connectivity index is 1.03. The highest BCUT2D eigenvalue weighted by molar-refractivity contribution is 6.26. The molecule has 0 saturated carbocycles. The number of fused-ring (bicyclic) bond motifs is 10. The number of hydrogen-bond acceptors (Lipinski definition) is 4. The van der Waals surface area contributed by atoms with Gasteiger partial charge >= 0.3 is 0 Å². The second-order valence-corrected chi connectivity index (χ2v) is 17.6. The van der Waals surface area contributed by atoms with Crippen LogP contribution < -0.4 is 0 Å². The quantitative estimate of drug-likeness (QED) is 0.160. The summed E-state index contributed by atoms with van der Waals surface area (Å²) in [5, 5.41) is 6.66. The minimum atomic E-state index is 0.531. The van der Waals surface area contributed by atoms with E-state index in [1.165, 1.54) is 16.3 Å². The lowest BCUT2D eigenvalue weighted by Crippen LogP contribution is -2.06. The van der Waals surface area contributed by atoms with Gasteiger partial charge in [-0.15, -0.1) is 0 Å². The number of aromatic nitrogens is 5. The highest BCUT2D eigenvalue weighted by Crippen LogP contribution is 2.43. The van der Waals surface area contributed by atoms with E-state index < -0.39 is 0 Å². The van der Waals surface area contributed by atoms with Crippen molar-refractivity contribution in [1.29, 1.82) is 0 Å². The lowest BCUT2D eigenvalue weighted by Gasteiger charge is -2.12. The van der Waals surface area contributed by atoms with Crippen molar-refractivity contribution in [2.75, 3.05) is 0 Å². The van der Waals surface area contributed by atoms with E-state index in [2.05, 4.69) is 221 Å². The van der Waals surface area contributed by atoms with Crippen LogP contribution in [0.2, 0.25) is 0 Å². The molecule has 0 aliphatic carbocycles. The van der Waals surface area contributed by atoms with Gasteiger partial charge in [0, 0.05) is 49.1 Å². The number of hydrogen-bond donors (Lipinski definition) is 0. The van der Waals surface area contributed by atoms with Crippen LogP contribution in [-0.4, -0.2) is 24.1 Å². The molecule has 0 atom stereocenters. The summed E-state index contributed by atoms with van der Waals surface area (Å²) < 4.78 is 11.1. The van der Waals surface area contributed by atoms with E-state index >= 15 is 0 Å². The Morgan fingerprint density at radius 2 is 0.884 bits per heavy atom. The van der Waals surface area contributed by atoms with Crippen molar-refractivity contribution < 1.29 is 4.42 Å². The third-order valence-electron chi connectivity index (χ3n) is 13.6. The summed E-state index contributed by atoms with van der Waals surface area (Å²) in [6.45, 7) is 0. The Labute approximate surface area is 396 Å². The van der Waals surface area contributed by atoms with Gasteiger partial charge in [0.2, 0.25) is 5.95 Å². The lowest BCUT2D eigenvalue weighted by atomic mass is 9.99. The van der Waals surface area contributed by atoms with Gasteiger partial charge < -0.3 is 8.98 Å². The topological polar surface area (TPSA) is 61.7 Å². The molecule has 0 N–H and O–H groups in total. The molecule has 0 amide bonds. The first-order chi connectivity index (χ1) is 34.2. The summed E-state index contributed by atoms with van der Waals surface area (Å²) in [6.07, 6.45) is 0. The van der Waals surface area contributed by atoms with Crippen LogP contribution in [0.3, 0.4) is 0 Å². The maximum atomic E-state index is 6.49. The van der Waals surface area contributed by atoms with Crippen molar-refractivity contribution >= 4 is 65.6 Å². The van der Waals surface area contributed by atoms with Gasteiger partial charge in [0.05, 0.1) is 22.1 Å². The molecular weight excluding hydrogens is 843 g/mol. The van der Waals surface area contributed by atoms with Crippen molar-refractivity contribution in [3.05, 3.63) is 237 Å². The maximum absolute atomic E-state index is 6.49. The Morgan fingerprint density at radius 3 is 1.64 bits per heavy atom. The van der Waals surface area contributed by atoms with Gasteiger partial charge in [-0.2, -0.15) is 9.97 Å². The van der Waals surface area contributed by atoms with E-state index in [1.54, 1.807) is 0 Å². The fraction of sp³-hybridized carbons (Fsp3) is 0. The molecule has 10 aromatic carbocycles. The van der Waals surface area contributed by atoms with Crippen LogP contribution in [-0.2, 0) is 0 Å². The van der Waals surface area contributed by atoms with E-state index in [1.807, 2.05) is 24.3 Å². The number of rotatable bonds is 7. The summed E-state index contributed by atoms with van der Waals surface area (Å²) in [5.74, 6) is 1.67. The van der Waals surface area contributed by atoms with Crippen molar-refractivity contribution in [1.82, 2.24) is 24.1 Å². The van der Waals surface area contributed by atoms with E-state index in [9.17, 15) is 0 Å². The van der Waals surface area contributed by atoms with E-state index in [0.717, 1.165) is 99.4 Å². The highest BCUT2D eigenvalue weighted by atomic mass is 16.3. The van der Waals surface area contributed by atoms with Crippen LogP contribution in [0.25, 0.3) is 133 Å². The Hall–Kier alpha value is -9.39. The number of furan rings is 1. The molecule has 0 fully saturated rings. The molecule has 14 aromatic rings. The standard InChI is InChI=1S/C63H39N5O/c1-4-16-40(17-5-1)42-30-32-44(33-31-42)61-64-62(46-34-37-56-52(39-46)58-48(26-15-29-57(58)69-56)43-20-8-3-9-21-43)66-63(65-61)68-54-28-13-11-25-51(54)59-55(68)36-35-50-49-24-10-12-27-53(49)67(60(50)59)47-23-14-22-45(38-47)41-18-6-2-7-19-41/h1-39H. The number of benzene rings is 10. The van der Waals surface area contributed by atoms with Crippen LogP contribution in [0.1, 0.15) is 0 Å². The van der Waals surface area contributed by atoms with Crippen LogP contribution in [0.4, 0.5) is 0 Å². The summed E-state index contributed by atoms with van der Waals surface area (Å²) in [6, 6.07) is 83.3. The summed E-state index contributed by atoms with van der Waals surface area (Å²) >= 11 is 0. The molecule has 0 saturated heterocycles. The second-order valence-electron chi connectivity index (χ2n) is 17.6. The summed E-state index contributed by atoms with van der Waals surface area (Å²) in [5.41, 5.74) is 15.6. The molecule has 0 spiro atoms. The van der Waals surface area contributed by atoms with Gasteiger partial charge in [0.15, 0.2) is 11.6 Å². The lowest BCUT2D eigenvalue weighted by molar-refractivity contribution is 0.669. The van der Waals surface area contributed by atoms with Crippen LogP contribution in [0.5, 0.6) is 0 Å². The minimum absolute atomic E-state index is 0.531. The molecule has 14 rings (SSSR count). The van der Waals surface area contributed by atoms with Crippen LogP contribution in [0.15, 0.2) is 241 Å². The van der Waals surface area contributed by atoms with E-state index in [-0.39, 0.29) is 0 Å². The van der Waals surface area contributed by atoms with E-state index in [0.29, 0.717) is 17.6 Å². The van der Waals surface area contributed by atoms with Gasteiger partial charge in [-0.05, 0) is 88.0 Å². The van der Waals surface area contributed by atoms with Gasteiger partial charge in [0.25, 0.3) is 0 Å². The minimum Gasteiger partial charge on any atom is -0.456 e. The fourth-order valence-electron chi connectivity index (χ4n) is 10.4. The third-order valence-corrected chi connectivity index (χ3v) is 13.6. The zero-order chi connectivity index (χ0) is 45.4. The zero-order valence-electron chi connectivity index (χ0n) is 37.2. The monoisotopic (exact) mass is 881 g/mol. The Kier molecular flexibility index (Phi) is 8.79. The molecule has 0 unspecified atom stereocenters. The van der Waals surface area contributed by atoms with Crippen molar-refractivity contribution in [3.63, 3.8) is 0 Å². The average molecular weight is 882 g/mol. The first-order valence-corrected chi connectivity index (χ1v) is 23.3. The fourth-order valence-corrected chi connectivity index (χ4v) is 10.4. The Bertz CT molecular complexity index is 4280. The zero-order valence-corrected chi connectivity index (χ0v) is 37.2. The van der Waals surface area contributed by atoms with Gasteiger partial charge in [-0.25, -0.2) is 4.98 Å². The van der Waals surface area contributed by atoms with Crippen LogP contribution >= 0.6 is 0 Å².